The van der Waals surface area contributed by atoms with E-state index in [1.165, 1.54) is 25.3 Å². The van der Waals surface area contributed by atoms with Crippen molar-refractivity contribution in [1.29, 1.82) is 0 Å². The van der Waals surface area contributed by atoms with Gasteiger partial charge in [0.15, 0.2) is 0 Å². The van der Waals surface area contributed by atoms with Crippen LogP contribution in [0.4, 0.5) is 10.1 Å². The van der Waals surface area contributed by atoms with E-state index in [-0.39, 0.29) is 10.8 Å². The van der Waals surface area contributed by atoms with Crippen molar-refractivity contribution in [3.05, 3.63) is 29.6 Å². The Labute approximate surface area is 114 Å². The van der Waals surface area contributed by atoms with Gasteiger partial charge in [-0.15, -0.1) is 0 Å². The molecule has 3 N–H and O–H groups in total. The molecule has 0 saturated heterocycles. The third-order valence-electron chi connectivity index (χ3n) is 2.89. The van der Waals surface area contributed by atoms with Gasteiger partial charge in [-0.2, -0.15) is 0 Å². The Morgan fingerprint density at radius 3 is 2.72 bits per heavy atom. The summed E-state index contributed by atoms with van der Waals surface area (Å²) < 4.78 is 13.7. The maximum absolute atomic E-state index is 13.7. The lowest BCUT2D eigenvalue weighted by molar-refractivity contribution is 0.611. The van der Waals surface area contributed by atoms with Gasteiger partial charge in [-0.3, -0.25) is 0 Å². The van der Waals surface area contributed by atoms with E-state index in [4.69, 9.17) is 18.0 Å². The average Bonchev–Trinajstić information content (AvgIpc) is 2.28. The highest BCUT2D eigenvalue weighted by molar-refractivity contribution is 7.80. The van der Waals surface area contributed by atoms with Gasteiger partial charge in [0, 0.05) is 17.3 Å². The summed E-state index contributed by atoms with van der Waals surface area (Å²) in [6.07, 6.45) is 4.73. The second-order valence-corrected chi connectivity index (χ2v) is 5.04. The first-order valence-corrected chi connectivity index (χ1v) is 6.81. The normalized spacial score (nSPS) is 12.2. The molecule has 0 aliphatic rings. The van der Waals surface area contributed by atoms with Crippen LogP contribution < -0.4 is 11.1 Å². The Kier molecular flexibility index (Phi) is 6.05. The monoisotopic (exact) mass is 268 g/mol. The van der Waals surface area contributed by atoms with Crippen LogP contribution in [-0.2, 0) is 0 Å². The van der Waals surface area contributed by atoms with Crippen molar-refractivity contribution in [2.45, 2.75) is 45.6 Å². The van der Waals surface area contributed by atoms with E-state index < -0.39 is 0 Å². The number of hydrogen-bond donors (Lipinski definition) is 2. The fourth-order valence-electron chi connectivity index (χ4n) is 1.86. The van der Waals surface area contributed by atoms with Gasteiger partial charge in [-0.25, -0.2) is 4.39 Å². The van der Waals surface area contributed by atoms with E-state index in [2.05, 4.69) is 19.2 Å². The number of benzene rings is 1. The van der Waals surface area contributed by atoms with Crippen molar-refractivity contribution in [3.8, 4) is 0 Å². The summed E-state index contributed by atoms with van der Waals surface area (Å²) in [5, 5.41) is 3.28. The second-order valence-electron chi connectivity index (χ2n) is 4.60. The molecule has 1 rings (SSSR count). The highest BCUT2D eigenvalue weighted by Crippen LogP contribution is 2.16. The number of nitrogens with one attached hydrogen (secondary N) is 1. The molecule has 100 valence electrons. The third-order valence-corrected chi connectivity index (χ3v) is 3.11. The molecule has 0 spiro atoms. The molecule has 4 heteroatoms. The lowest BCUT2D eigenvalue weighted by Gasteiger charge is -2.15. The van der Waals surface area contributed by atoms with E-state index >= 15 is 0 Å². The summed E-state index contributed by atoms with van der Waals surface area (Å²) in [5.41, 5.74) is 6.49. The van der Waals surface area contributed by atoms with Crippen molar-refractivity contribution in [3.63, 3.8) is 0 Å². The number of nitrogens with two attached hydrogens (primary N) is 1. The Morgan fingerprint density at radius 2 is 2.17 bits per heavy atom. The van der Waals surface area contributed by atoms with Crippen LogP contribution in [0.15, 0.2) is 18.2 Å². The molecule has 18 heavy (non-hydrogen) atoms. The summed E-state index contributed by atoms with van der Waals surface area (Å²) in [7, 11) is 0. The highest BCUT2D eigenvalue weighted by atomic mass is 32.1. The second kappa shape index (κ2) is 7.31. The molecule has 1 atom stereocenters. The molecule has 1 aromatic carbocycles. The fraction of sp³-hybridized carbons (Fsp3) is 0.500. The Balaban J connectivity index is 2.57. The largest absolute Gasteiger partial charge is 0.389 e. The number of thiocarbonyl (C=S) groups is 1. The molecule has 0 radical (unpaired) electrons. The van der Waals surface area contributed by atoms with E-state index in [0.29, 0.717) is 11.6 Å². The predicted molar refractivity (Wildman–Crippen MR) is 79.5 cm³/mol. The minimum Gasteiger partial charge on any atom is -0.389 e. The van der Waals surface area contributed by atoms with Gasteiger partial charge in [0.05, 0.1) is 0 Å². The summed E-state index contributed by atoms with van der Waals surface area (Å²) >= 11 is 4.77. The van der Waals surface area contributed by atoms with Crippen LogP contribution in [0.5, 0.6) is 0 Å². The summed E-state index contributed by atoms with van der Waals surface area (Å²) in [5.74, 6) is -0.367. The molecule has 1 aromatic rings. The van der Waals surface area contributed by atoms with Gasteiger partial charge < -0.3 is 11.1 Å². The van der Waals surface area contributed by atoms with Crippen LogP contribution in [-0.4, -0.2) is 11.0 Å². The summed E-state index contributed by atoms with van der Waals surface area (Å²) in [6.45, 7) is 4.29. The lowest BCUT2D eigenvalue weighted by Crippen LogP contribution is -2.16. The average molecular weight is 268 g/mol. The summed E-state index contributed by atoms with van der Waals surface area (Å²) in [6, 6.07) is 5.23. The minimum atomic E-state index is -0.367. The SMILES string of the molecule is CCCCCC(C)Nc1ccc(C(N)=S)c(F)c1. The van der Waals surface area contributed by atoms with Crippen molar-refractivity contribution in [1.82, 2.24) is 0 Å². The van der Waals surface area contributed by atoms with E-state index in [1.807, 2.05) is 6.07 Å². The molecule has 0 saturated carbocycles. The van der Waals surface area contributed by atoms with Gasteiger partial charge in [-0.1, -0.05) is 38.4 Å². The number of unbranched alkanes of at least 4 members (excludes halogenated alkanes) is 2. The standard InChI is InChI=1S/C14H21FN2S/c1-3-4-5-6-10(2)17-11-7-8-12(14(16)18)13(15)9-11/h7-10,17H,3-6H2,1-2H3,(H2,16,18). The van der Waals surface area contributed by atoms with Crippen LogP contribution in [0.3, 0.4) is 0 Å². The first-order valence-electron chi connectivity index (χ1n) is 6.40. The molecule has 0 aliphatic heterocycles. The lowest BCUT2D eigenvalue weighted by atomic mass is 10.1. The molecule has 0 aromatic heterocycles. The quantitative estimate of drug-likeness (QED) is 0.583. The molecular weight excluding hydrogens is 247 g/mol. The predicted octanol–water partition coefficient (Wildman–Crippen LogP) is 3.84. The van der Waals surface area contributed by atoms with Crippen molar-refractivity contribution in [2.75, 3.05) is 5.32 Å². The zero-order chi connectivity index (χ0) is 13.5. The number of anilines is 1. The minimum absolute atomic E-state index is 0.0926. The molecule has 2 nitrogen and oxygen atoms in total. The molecule has 0 fully saturated rings. The van der Waals surface area contributed by atoms with Gasteiger partial charge >= 0.3 is 0 Å². The molecular formula is C14H21FN2S. The van der Waals surface area contributed by atoms with Gasteiger partial charge in [0.2, 0.25) is 0 Å². The Bertz CT molecular complexity index is 407. The molecule has 0 bridgehead atoms. The first-order chi connectivity index (χ1) is 8.54. The van der Waals surface area contributed by atoms with Crippen molar-refractivity contribution >= 4 is 22.9 Å². The van der Waals surface area contributed by atoms with Crippen molar-refractivity contribution < 1.29 is 4.39 Å². The molecule has 0 amide bonds. The molecule has 0 heterocycles. The van der Waals surface area contributed by atoms with E-state index in [1.54, 1.807) is 6.07 Å². The van der Waals surface area contributed by atoms with Crippen LogP contribution in [0.25, 0.3) is 0 Å². The van der Waals surface area contributed by atoms with Crippen molar-refractivity contribution in [2.24, 2.45) is 5.73 Å². The Morgan fingerprint density at radius 1 is 1.44 bits per heavy atom. The highest BCUT2D eigenvalue weighted by Gasteiger charge is 2.07. The smallest absolute Gasteiger partial charge is 0.135 e. The molecule has 1 unspecified atom stereocenters. The maximum Gasteiger partial charge on any atom is 0.135 e. The van der Waals surface area contributed by atoms with Crippen LogP contribution in [0, 0.1) is 5.82 Å². The zero-order valence-corrected chi connectivity index (χ0v) is 11.8. The molecule has 0 aliphatic carbocycles. The number of halogens is 1. The first kappa shape index (κ1) is 14.9. The Hall–Kier alpha value is -1.16. The number of hydrogen-bond acceptors (Lipinski definition) is 2. The van der Waals surface area contributed by atoms with Crippen LogP contribution in [0.1, 0.15) is 45.1 Å². The third kappa shape index (κ3) is 4.61. The van der Waals surface area contributed by atoms with E-state index in [0.717, 1.165) is 12.1 Å². The topological polar surface area (TPSA) is 38.0 Å². The van der Waals surface area contributed by atoms with E-state index in [9.17, 15) is 4.39 Å². The van der Waals surface area contributed by atoms with Crippen LogP contribution >= 0.6 is 12.2 Å². The van der Waals surface area contributed by atoms with Gasteiger partial charge in [0.25, 0.3) is 0 Å². The van der Waals surface area contributed by atoms with Gasteiger partial charge in [0.1, 0.15) is 10.8 Å². The van der Waals surface area contributed by atoms with Gasteiger partial charge in [-0.05, 0) is 31.5 Å². The summed E-state index contributed by atoms with van der Waals surface area (Å²) in [4.78, 5) is 0.0926. The number of rotatable bonds is 7. The zero-order valence-electron chi connectivity index (χ0n) is 11.0. The fourth-order valence-corrected chi connectivity index (χ4v) is 2.03. The van der Waals surface area contributed by atoms with Crippen LogP contribution in [0.2, 0.25) is 0 Å². The maximum atomic E-state index is 13.7.